The van der Waals surface area contributed by atoms with Gasteiger partial charge in [-0.25, -0.2) is 4.57 Å². The van der Waals surface area contributed by atoms with Crippen LogP contribution in [-0.4, -0.2) is 49.3 Å². The van der Waals surface area contributed by atoms with Crippen molar-refractivity contribution >= 4 is 19.8 Å². The molecular formula is C67H122NO8P. The van der Waals surface area contributed by atoms with Crippen LogP contribution in [0.15, 0.2) is 72.9 Å². The monoisotopic (exact) mass is 1100 g/mol. The topological polar surface area (TPSA) is 134 Å². The fourth-order valence-corrected chi connectivity index (χ4v) is 10.1. The normalized spacial score (nSPS) is 13.5. The Morgan fingerprint density at radius 1 is 0.403 bits per heavy atom. The molecule has 3 N–H and O–H groups in total. The minimum Gasteiger partial charge on any atom is -0.462 e. The van der Waals surface area contributed by atoms with Crippen LogP contribution < -0.4 is 5.73 Å². The maximum atomic E-state index is 12.7. The van der Waals surface area contributed by atoms with Crippen LogP contribution >= 0.6 is 7.82 Å². The summed E-state index contributed by atoms with van der Waals surface area (Å²) in [4.78, 5) is 35.2. The molecule has 0 heterocycles. The van der Waals surface area contributed by atoms with Crippen LogP contribution in [0.1, 0.15) is 309 Å². The van der Waals surface area contributed by atoms with E-state index in [0.717, 1.165) is 70.6 Å². The summed E-state index contributed by atoms with van der Waals surface area (Å²) < 4.78 is 33.1. The first-order valence-electron chi connectivity index (χ1n) is 32.4. The van der Waals surface area contributed by atoms with Gasteiger partial charge in [0.25, 0.3) is 0 Å². The lowest BCUT2D eigenvalue weighted by atomic mass is 10.0. The van der Waals surface area contributed by atoms with E-state index in [1.54, 1.807) is 0 Å². The molecule has 0 amide bonds. The van der Waals surface area contributed by atoms with E-state index in [9.17, 15) is 19.0 Å². The quantitative estimate of drug-likeness (QED) is 0.0264. The minimum atomic E-state index is -4.39. The van der Waals surface area contributed by atoms with Crippen LogP contribution in [0.4, 0.5) is 0 Å². The molecule has 0 saturated heterocycles. The molecule has 0 aliphatic carbocycles. The number of allylic oxidation sites excluding steroid dienone is 12. The lowest BCUT2D eigenvalue weighted by Crippen LogP contribution is -2.29. The van der Waals surface area contributed by atoms with Crippen molar-refractivity contribution in [1.29, 1.82) is 0 Å². The average Bonchev–Trinajstić information content (AvgIpc) is 3.42. The van der Waals surface area contributed by atoms with Crippen LogP contribution in [-0.2, 0) is 32.7 Å². The molecule has 77 heavy (non-hydrogen) atoms. The third kappa shape index (κ3) is 62.5. The lowest BCUT2D eigenvalue weighted by Gasteiger charge is -2.19. The summed E-state index contributed by atoms with van der Waals surface area (Å²) in [6.45, 7) is 3.68. The summed E-state index contributed by atoms with van der Waals surface area (Å²) in [5.41, 5.74) is 5.39. The first-order valence-corrected chi connectivity index (χ1v) is 33.9. The molecule has 10 heteroatoms. The van der Waals surface area contributed by atoms with Crippen molar-refractivity contribution < 1.29 is 37.6 Å². The van der Waals surface area contributed by atoms with E-state index in [2.05, 4.69) is 86.8 Å². The van der Waals surface area contributed by atoms with Gasteiger partial charge in [-0.15, -0.1) is 0 Å². The van der Waals surface area contributed by atoms with Crippen molar-refractivity contribution in [3.05, 3.63) is 72.9 Å². The Hall–Kier alpha value is -2.55. The molecule has 0 radical (unpaired) electrons. The van der Waals surface area contributed by atoms with E-state index in [1.165, 1.54) is 205 Å². The second kappa shape index (κ2) is 62.6. The number of carbonyl (C=O) groups is 2. The zero-order valence-corrected chi connectivity index (χ0v) is 51.1. The van der Waals surface area contributed by atoms with Gasteiger partial charge in [0.05, 0.1) is 13.2 Å². The molecule has 0 aliphatic rings. The van der Waals surface area contributed by atoms with Crippen molar-refractivity contribution in [3.8, 4) is 0 Å². The summed E-state index contributed by atoms with van der Waals surface area (Å²) in [5, 5.41) is 0. The van der Waals surface area contributed by atoms with E-state index < -0.39 is 26.5 Å². The van der Waals surface area contributed by atoms with Gasteiger partial charge in [0, 0.05) is 19.4 Å². The van der Waals surface area contributed by atoms with Gasteiger partial charge in [0.15, 0.2) is 6.10 Å². The largest absolute Gasteiger partial charge is 0.472 e. The Morgan fingerprint density at radius 2 is 0.714 bits per heavy atom. The Labute approximate surface area is 475 Å². The van der Waals surface area contributed by atoms with Crippen molar-refractivity contribution in [3.63, 3.8) is 0 Å². The highest BCUT2D eigenvalue weighted by atomic mass is 31.2. The number of esters is 2. The zero-order valence-electron chi connectivity index (χ0n) is 50.2. The number of ether oxygens (including phenoxy) is 2. The fraction of sp³-hybridized carbons (Fsp3) is 0.791. The summed E-state index contributed by atoms with van der Waals surface area (Å²) in [6, 6.07) is 0. The van der Waals surface area contributed by atoms with E-state index >= 15 is 0 Å². The van der Waals surface area contributed by atoms with Gasteiger partial charge in [-0.2, -0.15) is 0 Å². The van der Waals surface area contributed by atoms with E-state index in [-0.39, 0.29) is 38.6 Å². The van der Waals surface area contributed by atoms with Gasteiger partial charge in [-0.05, 0) is 64.2 Å². The summed E-state index contributed by atoms with van der Waals surface area (Å²) >= 11 is 0. The van der Waals surface area contributed by atoms with E-state index in [0.29, 0.717) is 6.42 Å². The molecule has 2 atom stereocenters. The minimum absolute atomic E-state index is 0.0547. The van der Waals surface area contributed by atoms with Gasteiger partial charge in [-0.1, -0.05) is 305 Å². The van der Waals surface area contributed by atoms with Crippen LogP contribution in [0.5, 0.6) is 0 Å². The summed E-state index contributed by atoms with van der Waals surface area (Å²) in [6.07, 6.45) is 81.3. The number of carbonyl (C=O) groups excluding carboxylic acids is 2. The van der Waals surface area contributed by atoms with Gasteiger partial charge >= 0.3 is 19.8 Å². The first-order chi connectivity index (χ1) is 37.8. The van der Waals surface area contributed by atoms with Crippen molar-refractivity contribution in [2.45, 2.75) is 315 Å². The number of hydrogen-bond donors (Lipinski definition) is 2. The molecule has 0 bridgehead atoms. The number of unbranched alkanes of at least 4 members (excludes halogenated alkanes) is 36. The number of phosphoric ester groups is 1. The highest BCUT2D eigenvalue weighted by Crippen LogP contribution is 2.43. The predicted octanol–water partition coefficient (Wildman–Crippen LogP) is 20.9. The molecule has 448 valence electrons. The molecule has 2 unspecified atom stereocenters. The number of phosphoric acid groups is 1. The third-order valence-corrected chi connectivity index (χ3v) is 15.1. The molecule has 0 spiro atoms. The number of rotatable bonds is 61. The summed E-state index contributed by atoms with van der Waals surface area (Å²) in [7, 11) is -4.39. The Morgan fingerprint density at radius 3 is 1.06 bits per heavy atom. The molecule has 9 nitrogen and oxygen atoms in total. The Bertz CT molecular complexity index is 1490. The predicted molar refractivity (Wildman–Crippen MR) is 330 cm³/mol. The maximum Gasteiger partial charge on any atom is 0.472 e. The second-order valence-electron chi connectivity index (χ2n) is 21.6. The highest BCUT2D eigenvalue weighted by molar-refractivity contribution is 7.47. The smallest absolute Gasteiger partial charge is 0.462 e. The summed E-state index contributed by atoms with van der Waals surface area (Å²) in [5.74, 6) is -0.811. The van der Waals surface area contributed by atoms with Crippen LogP contribution in [0.3, 0.4) is 0 Å². The molecule has 0 saturated carbocycles. The Kier molecular flexibility index (Phi) is 60.6. The zero-order chi connectivity index (χ0) is 55.9. The van der Waals surface area contributed by atoms with Gasteiger partial charge in [-0.3, -0.25) is 18.6 Å². The molecular weight excluding hydrogens is 978 g/mol. The van der Waals surface area contributed by atoms with Crippen LogP contribution in [0, 0.1) is 0 Å². The van der Waals surface area contributed by atoms with E-state index in [4.69, 9.17) is 24.3 Å². The van der Waals surface area contributed by atoms with Crippen molar-refractivity contribution in [2.75, 3.05) is 26.4 Å². The molecule has 0 aromatic carbocycles. The third-order valence-electron chi connectivity index (χ3n) is 14.1. The Balaban J connectivity index is 3.81. The second-order valence-corrected chi connectivity index (χ2v) is 23.1. The first kappa shape index (κ1) is 74.5. The molecule has 0 rings (SSSR count). The molecule has 0 aliphatic heterocycles. The van der Waals surface area contributed by atoms with E-state index in [1.807, 2.05) is 0 Å². The van der Waals surface area contributed by atoms with Gasteiger partial charge in [0.2, 0.25) is 0 Å². The molecule has 0 aromatic heterocycles. The number of hydrogen-bond acceptors (Lipinski definition) is 8. The van der Waals surface area contributed by atoms with Crippen molar-refractivity contribution in [2.24, 2.45) is 5.73 Å². The maximum absolute atomic E-state index is 12.7. The average molecular weight is 1100 g/mol. The van der Waals surface area contributed by atoms with Gasteiger partial charge in [0.1, 0.15) is 6.61 Å². The lowest BCUT2D eigenvalue weighted by molar-refractivity contribution is -0.161. The van der Waals surface area contributed by atoms with Crippen LogP contribution in [0.25, 0.3) is 0 Å². The number of nitrogens with two attached hydrogens (primary N) is 1. The molecule has 0 aromatic rings. The highest BCUT2D eigenvalue weighted by Gasteiger charge is 2.26. The standard InChI is InChI=1S/C67H122NO8P/c1-3-5-7-9-11-13-15-17-19-21-22-23-24-25-26-27-28-29-30-31-32-33-34-35-36-37-38-39-40-41-42-44-46-48-50-52-54-56-58-60-67(70)76-65(64-75-77(71,72)74-62-61-68)63-73-66(69)59-57-55-53-51-49-47-45-43-20-18-16-14-12-10-8-6-4-2/h5,7,11,13,17,19,22-23,25-26,28-29,65H,3-4,6,8-10,12,14-16,18,20-21,24,27,30-64,68H2,1-2H3,(H,71,72)/b7-5-,13-11-,19-17-,23-22-,26-25-,29-28-. The fourth-order valence-electron chi connectivity index (χ4n) is 9.35. The van der Waals surface area contributed by atoms with Crippen LogP contribution in [0.2, 0.25) is 0 Å². The molecule has 0 fully saturated rings. The SMILES string of the molecule is CC/C=C\C/C=C\C/C=C\C/C=C\C/C=C\C/C=C\CCCCCCCCCCCCCCCCCCCCCCC(=O)OC(COC(=O)CCCCCCCCCCCCCCCCCCC)COP(=O)(O)OCCN. The van der Waals surface area contributed by atoms with Crippen molar-refractivity contribution in [1.82, 2.24) is 0 Å². The van der Waals surface area contributed by atoms with Gasteiger partial charge < -0.3 is 20.1 Å².